The van der Waals surface area contributed by atoms with E-state index in [0.29, 0.717) is 70.1 Å². The highest BCUT2D eigenvalue weighted by Gasteiger charge is 2.53. The molecule has 2 bridgehead atoms. The first-order valence-electron chi connectivity index (χ1n) is 29.4. The monoisotopic (exact) mass is 1140 g/mol. The maximum absolute atomic E-state index is 14.7. The number of nitrogens with one attached hydrogen (secondary N) is 4. The van der Waals surface area contributed by atoms with Crippen LogP contribution in [-0.2, 0) is 65.5 Å². The molecule has 6 rings (SSSR count). The second-order valence-electron chi connectivity index (χ2n) is 24.1. The molecule has 3 heterocycles. The first-order valence-corrected chi connectivity index (χ1v) is 29.4. The molecule has 2 aromatic rings. The normalized spacial score (nSPS) is 21.1. The quantitative estimate of drug-likeness (QED) is 0.0542. The summed E-state index contributed by atoms with van der Waals surface area (Å²) in [7, 11) is 4.72. The van der Waals surface area contributed by atoms with Crippen LogP contribution in [0.3, 0.4) is 0 Å². The molecule has 3 aliphatic heterocycles. The van der Waals surface area contributed by atoms with Gasteiger partial charge in [0.15, 0.2) is 0 Å². The number of likely N-dealkylation sites (N-methyl/N-ethyl adjacent to an activating group) is 1. The van der Waals surface area contributed by atoms with E-state index in [2.05, 4.69) is 21.3 Å². The fourth-order valence-corrected chi connectivity index (χ4v) is 12.2. The van der Waals surface area contributed by atoms with Gasteiger partial charge in [-0.1, -0.05) is 89.9 Å². The third kappa shape index (κ3) is 16.8. The lowest BCUT2D eigenvalue weighted by Crippen LogP contribution is -2.61. The molecule has 0 radical (unpaired) electrons. The summed E-state index contributed by atoms with van der Waals surface area (Å²) in [6, 6.07) is 12.5. The predicted molar refractivity (Wildman–Crippen MR) is 309 cm³/mol. The van der Waals surface area contributed by atoms with Crippen LogP contribution >= 0.6 is 0 Å². The maximum atomic E-state index is 14.7. The van der Waals surface area contributed by atoms with Crippen molar-refractivity contribution in [2.45, 2.75) is 193 Å². The first-order chi connectivity index (χ1) is 39.0. The topological polar surface area (TPSA) is 242 Å². The number of fused-ring (bicyclic) bond motifs is 2. The number of amides is 9. The molecule has 82 heavy (non-hydrogen) atoms. The number of hydrogen-bond donors (Lipinski definition) is 4. The lowest BCUT2D eigenvalue weighted by atomic mass is 9.89. The predicted octanol–water partition coefficient (Wildman–Crippen LogP) is 6.30. The van der Waals surface area contributed by atoms with E-state index in [9.17, 15) is 43.2 Å². The molecule has 0 spiro atoms. The van der Waals surface area contributed by atoms with Gasteiger partial charge in [0.05, 0.1) is 36.6 Å². The molecule has 4 aliphatic rings. The number of likely N-dealkylation sites (tertiary alicyclic amines) is 2. The molecule has 1 saturated carbocycles. The molecule has 4 N–H and O–H groups in total. The highest BCUT2D eigenvalue weighted by atomic mass is 16.6. The highest BCUT2D eigenvalue weighted by molar-refractivity contribution is 6.12. The van der Waals surface area contributed by atoms with Crippen LogP contribution in [0.1, 0.15) is 137 Å². The zero-order valence-corrected chi connectivity index (χ0v) is 50.1. The van der Waals surface area contributed by atoms with E-state index in [4.69, 9.17) is 14.2 Å². The van der Waals surface area contributed by atoms with Gasteiger partial charge in [0.1, 0.15) is 23.7 Å². The number of benzene rings is 2. The van der Waals surface area contributed by atoms with Gasteiger partial charge in [-0.05, 0) is 107 Å². The molecule has 2 saturated heterocycles. The van der Waals surface area contributed by atoms with Crippen LogP contribution in [0.15, 0.2) is 66.7 Å². The number of carbonyl (C=O) groups excluding carboxylic acids is 9. The van der Waals surface area contributed by atoms with Crippen LogP contribution in [0.25, 0.3) is 0 Å². The Balaban J connectivity index is 1.06. The molecule has 0 aromatic heterocycles. The van der Waals surface area contributed by atoms with E-state index < -0.39 is 71.8 Å². The number of nitrogens with zero attached hydrogens (tertiary/aromatic N) is 4. The van der Waals surface area contributed by atoms with E-state index in [0.717, 1.165) is 24.0 Å². The van der Waals surface area contributed by atoms with E-state index in [-0.39, 0.29) is 78.6 Å². The van der Waals surface area contributed by atoms with Crippen molar-refractivity contribution in [2.24, 2.45) is 23.7 Å². The Morgan fingerprint density at radius 1 is 0.805 bits per heavy atom. The van der Waals surface area contributed by atoms with Gasteiger partial charge in [0.25, 0.3) is 11.8 Å². The summed E-state index contributed by atoms with van der Waals surface area (Å²) in [5.41, 5.74) is 1.39. The molecular formula is C62H90N8O12. The van der Waals surface area contributed by atoms with Gasteiger partial charge in [-0.25, -0.2) is 4.79 Å². The summed E-state index contributed by atoms with van der Waals surface area (Å²) in [5.74, 6) is -3.87. The lowest BCUT2D eigenvalue weighted by molar-refractivity contribution is -0.148. The van der Waals surface area contributed by atoms with Crippen molar-refractivity contribution in [1.82, 2.24) is 35.6 Å². The van der Waals surface area contributed by atoms with Crippen molar-refractivity contribution in [2.75, 3.05) is 39.7 Å². The molecule has 3 unspecified atom stereocenters. The Morgan fingerprint density at radius 2 is 1.49 bits per heavy atom. The van der Waals surface area contributed by atoms with Crippen molar-refractivity contribution in [3.63, 3.8) is 0 Å². The van der Waals surface area contributed by atoms with Crippen LogP contribution in [0.4, 0.5) is 10.5 Å². The SMILES string of the molecule is CC[C@H](C)[C@@H]([C@H](CC(=O)N1CCC[C@H]1[C@H](OC)[C@@H](C)C(=O)N[C@@H](Cc1ccccc1)C(=O)Nc1ccc(CNC(=O)CCCCCN2C(=O)C=CC2=O)cc1)OC)N(C)C(=O)[C@@H](NC(=O)C1C2CCC(C2)N1C(=O)OC(C)(C)C)C(C)C. The van der Waals surface area contributed by atoms with Crippen LogP contribution in [0.2, 0.25) is 0 Å². The fourth-order valence-electron chi connectivity index (χ4n) is 12.2. The summed E-state index contributed by atoms with van der Waals surface area (Å²) in [5, 5.41) is 11.9. The summed E-state index contributed by atoms with van der Waals surface area (Å²) in [4.78, 5) is 128. The molecular weight excluding hydrogens is 1050 g/mol. The van der Waals surface area contributed by atoms with Crippen LogP contribution in [0.5, 0.6) is 0 Å². The van der Waals surface area contributed by atoms with Gasteiger partial charge in [0.2, 0.25) is 35.4 Å². The van der Waals surface area contributed by atoms with Crippen molar-refractivity contribution in [1.29, 1.82) is 0 Å². The zero-order valence-electron chi connectivity index (χ0n) is 50.1. The average molecular weight is 1140 g/mol. The third-order valence-corrected chi connectivity index (χ3v) is 16.8. The molecule has 11 atom stereocenters. The number of piperidine rings is 1. The van der Waals surface area contributed by atoms with Crippen LogP contribution in [0, 0.1) is 23.7 Å². The summed E-state index contributed by atoms with van der Waals surface area (Å²) in [6.45, 7) is 15.9. The molecule has 1 aliphatic carbocycles. The molecule has 3 fully saturated rings. The van der Waals surface area contributed by atoms with E-state index in [1.54, 1.807) is 73.7 Å². The standard InChI is InChI=1S/C62H90N8O12/c1-12-39(4)54(67(9)60(78)53(38(2)3)66-59(77)55-43-26-29-45(35-43)70(55)61(79)82-62(6,7)8)48(80-10)36-52(74)68-33-19-22-47(68)56(81-11)40(5)57(75)65-46(34-41-20-15-13-16-21-41)58(76)64-44-27-24-42(25-28-44)37-63-49(71)23-17-14-18-32-69-50(72)30-31-51(69)73/h13,15-16,20-21,24-25,27-28,30-31,38-40,43,45-48,53-56H,12,14,17-19,22-23,26,29,32-37H2,1-11H3,(H,63,71)(H,64,76)(H,65,75)(H,66,77)/t39-,40+,43?,45?,46-,47-,48-,53-,54-,55?,56+/m0/s1. The third-order valence-electron chi connectivity index (χ3n) is 16.8. The van der Waals surface area contributed by atoms with Gasteiger partial charge >= 0.3 is 6.09 Å². The van der Waals surface area contributed by atoms with Crippen molar-refractivity contribution < 1.29 is 57.4 Å². The number of methoxy groups -OCH3 is 2. The van der Waals surface area contributed by atoms with Crippen molar-refractivity contribution >= 4 is 59.0 Å². The zero-order chi connectivity index (χ0) is 60.0. The van der Waals surface area contributed by atoms with Crippen molar-refractivity contribution in [3.8, 4) is 0 Å². The Hall–Kier alpha value is -6.67. The summed E-state index contributed by atoms with van der Waals surface area (Å²) < 4.78 is 17.9. The first kappa shape index (κ1) is 64.5. The number of imide groups is 1. The number of carbonyl (C=O) groups is 9. The summed E-state index contributed by atoms with van der Waals surface area (Å²) >= 11 is 0. The van der Waals surface area contributed by atoms with E-state index >= 15 is 0 Å². The van der Waals surface area contributed by atoms with Gasteiger partial charge < -0.3 is 45.3 Å². The highest BCUT2D eigenvalue weighted by Crippen LogP contribution is 2.43. The Kier molecular flexibility index (Phi) is 23.2. The second kappa shape index (κ2) is 29.5. The van der Waals surface area contributed by atoms with Gasteiger partial charge in [-0.15, -0.1) is 0 Å². The minimum Gasteiger partial charge on any atom is -0.444 e. The number of rotatable bonds is 28. The van der Waals surface area contributed by atoms with Gasteiger partial charge in [-0.2, -0.15) is 0 Å². The van der Waals surface area contributed by atoms with Crippen LogP contribution in [-0.4, -0.2) is 161 Å². The smallest absolute Gasteiger partial charge is 0.411 e. The molecule has 9 amide bonds. The fraction of sp³-hybridized carbons (Fsp3) is 0.629. The Bertz CT molecular complexity index is 2570. The largest absolute Gasteiger partial charge is 0.444 e. The number of ether oxygens (including phenoxy) is 3. The molecule has 20 nitrogen and oxygen atoms in total. The Morgan fingerprint density at radius 3 is 2.11 bits per heavy atom. The molecule has 450 valence electrons. The number of unbranched alkanes of at least 4 members (excludes halogenated alkanes) is 2. The number of hydrogen-bond acceptors (Lipinski definition) is 12. The maximum Gasteiger partial charge on any atom is 0.411 e. The Labute approximate surface area is 484 Å². The van der Waals surface area contributed by atoms with E-state index in [1.165, 1.54) is 31.3 Å². The van der Waals surface area contributed by atoms with Crippen molar-refractivity contribution in [3.05, 3.63) is 77.9 Å². The minimum absolute atomic E-state index is 0.0425. The molecule has 2 aromatic carbocycles. The minimum atomic E-state index is -0.990. The van der Waals surface area contributed by atoms with Gasteiger partial charge in [0, 0.05) is 77.6 Å². The van der Waals surface area contributed by atoms with Crippen LogP contribution < -0.4 is 21.3 Å². The molecule has 20 heteroatoms. The van der Waals surface area contributed by atoms with Gasteiger partial charge in [-0.3, -0.25) is 48.2 Å². The summed E-state index contributed by atoms with van der Waals surface area (Å²) in [6.07, 6.45) is 6.99. The lowest BCUT2D eigenvalue weighted by Gasteiger charge is -2.41. The second-order valence-corrected chi connectivity index (χ2v) is 24.1. The number of anilines is 1. The average Bonchev–Trinajstić information content (AvgIpc) is 4.43. The van der Waals surface area contributed by atoms with E-state index in [1.807, 2.05) is 58.0 Å².